The maximum atomic E-state index is 5.18. The van der Waals surface area contributed by atoms with Crippen LogP contribution >= 0.6 is 0 Å². The summed E-state index contributed by atoms with van der Waals surface area (Å²) >= 11 is 0. The van der Waals surface area contributed by atoms with Gasteiger partial charge in [0.15, 0.2) is 0 Å². The topological polar surface area (TPSA) is 35.6 Å². The van der Waals surface area contributed by atoms with E-state index in [2.05, 4.69) is 72.8 Å². The predicted octanol–water partition coefficient (Wildman–Crippen LogP) is 3.01. The Kier molecular flexibility index (Phi) is 5.67. The Morgan fingerprint density at radius 1 is 0.528 bits per heavy atom. The molecule has 0 aliphatic carbocycles. The largest absolute Gasteiger partial charge is 2.00 e. The molecule has 174 valence electrons. The molecule has 0 N–H and O–H groups in total. The summed E-state index contributed by atoms with van der Waals surface area (Å²) in [6.45, 7) is 0. The second-order valence-corrected chi connectivity index (χ2v) is 12.2. The predicted molar refractivity (Wildman–Crippen MR) is 141 cm³/mol. The quantitative estimate of drug-likeness (QED) is 0.215. The Morgan fingerprint density at radius 2 is 0.972 bits per heavy atom. The van der Waals surface area contributed by atoms with Crippen LogP contribution in [0.2, 0.25) is 0 Å². The molecule has 0 fully saturated rings. The zero-order valence-electron chi connectivity index (χ0n) is 19.2. The molecule has 2 aromatic heterocycles. The van der Waals surface area contributed by atoms with Crippen molar-refractivity contribution < 1.29 is 21.1 Å². The van der Waals surface area contributed by atoms with Crippen LogP contribution in [0.3, 0.4) is 0 Å². The van der Waals surface area contributed by atoms with Gasteiger partial charge in [0, 0.05) is 12.4 Å². The molecular weight excluding hydrogens is 640 g/mol. The second-order valence-electron chi connectivity index (χ2n) is 8.63. The van der Waals surface area contributed by atoms with Crippen LogP contribution in [0.15, 0.2) is 122 Å². The molecule has 0 saturated carbocycles. The van der Waals surface area contributed by atoms with E-state index in [9.17, 15) is 0 Å². The zero-order chi connectivity index (χ0) is 23.2. The molecule has 1 aliphatic rings. The van der Waals surface area contributed by atoms with Gasteiger partial charge < -0.3 is 0 Å². The first-order valence-corrected chi connectivity index (χ1v) is 13.6. The Balaban J connectivity index is 0.00000240. The van der Waals surface area contributed by atoms with Gasteiger partial charge in [-0.25, -0.2) is 0 Å². The Labute approximate surface area is 225 Å². The summed E-state index contributed by atoms with van der Waals surface area (Å²) in [4.78, 5) is 0. The van der Waals surface area contributed by atoms with Crippen molar-refractivity contribution in [2.45, 2.75) is 0 Å². The molecule has 4 nitrogen and oxygen atoms in total. The molecule has 0 spiro atoms. The number of hydrogen-bond acceptors (Lipinski definition) is 2. The molecule has 0 amide bonds. The SMILES string of the molecule is [Pt+2].[c-]1ccccc1-n1ccc([Si]2(c3ccn(-c4[c-]cccc4)n3)c3ccccc3-c3ccccc32)n1. The number of nitrogens with zero attached hydrogens (tertiary/aromatic N) is 4. The Hall–Kier alpha value is -3.79. The van der Waals surface area contributed by atoms with E-state index < -0.39 is 8.07 Å². The molecule has 3 heterocycles. The summed E-state index contributed by atoms with van der Waals surface area (Å²) in [6, 6.07) is 44.3. The van der Waals surface area contributed by atoms with E-state index in [-0.39, 0.29) is 21.1 Å². The van der Waals surface area contributed by atoms with Crippen LogP contribution in [0.4, 0.5) is 0 Å². The minimum Gasteiger partial charge on any atom is -0.266 e. The number of hydrogen-bond donors (Lipinski definition) is 0. The van der Waals surface area contributed by atoms with Crippen LogP contribution in [-0.4, -0.2) is 27.6 Å². The molecule has 4 aromatic carbocycles. The van der Waals surface area contributed by atoms with Crippen molar-refractivity contribution in [3.8, 4) is 22.5 Å². The van der Waals surface area contributed by atoms with Gasteiger partial charge in [-0.3, -0.25) is 9.36 Å². The minimum atomic E-state index is -2.74. The second kappa shape index (κ2) is 9.01. The van der Waals surface area contributed by atoms with Crippen molar-refractivity contribution in [3.63, 3.8) is 0 Å². The van der Waals surface area contributed by atoms with Gasteiger partial charge in [-0.15, -0.1) is 12.1 Å². The molecule has 6 aromatic rings. The molecule has 0 bridgehead atoms. The third kappa shape index (κ3) is 3.31. The molecule has 7 rings (SSSR count). The molecule has 1 aliphatic heterocycles. The number of fused-ring (bicyclic) bond motifs is 3. The normalized spacial score (nSPS) is 13.0. The van der Waals surface area contributed by atoms with Crippen molar-refractivity contribution in [1.82, 2.24) is 19.6 Å². The van der Waals surface area contributed by atoms with E-state index in [0.717, 1.165) is 22.0 Å². The summed E-state index contributed by atoms with van der Waals surface area (Å²) in [5, 5.41) is 15.1. The van der Waals surface area contributed by atoms with Crippen LogP contribution in [-0.2, 0) is 21.1 Å². The third-order valence-electron chi connectivity index (χ3n) is 6.78. The zero-order valence-corrected chi connectivity index (χ0v) is 22.4. The first kappa shape index (κ1) is 22.7. The Morgan fingerprint density at radius 3 is 1.42 bits per heavy atom. The number of rotatable bonds is 4. The first-order valence-electron chi connectivity index (χ1n) is 11.6. The van der Waals surface area contributed by atoms with Gasteiger partial charge in [-0.05, 0) is 45.0 Å². The van der Waals surface area contributed by atoms with E-state index in [1.54, 1.807) is 0 Å². The van der Waals surface area contributed by atoms with Gasteiger partial charge in [0.05, 0.1) is 10.6 Å². The number of benzene rings is 4. The molecule has 0 saturated heterocycles. The minimum absolute atomic E-state index is 0. The summed E-state index contributed by atoms with van der Waals surface area (Å²) < 4.78 is 3.85. The average Bonchev–Trinajstić information content (AvgIpc) is 3.67. The van der Waals surface area contributed by atoms with Gasteiger partial charge in [0.1, 0.15) is 0 Å². The maximum absolute atomic E-state index is 5.18. The summed E-state index contributed by atoms with van der Waals surface area (Å²) in [5.74, 6) is 0. The van der Waals surface area contributed by atoms with Crippen LogP contribution in [0, 0.1) is 12.1 Å². The van der Waals surface area contributed by atoms with Gasteiger partial charge in [0.25, 0.3) is 0 Å². The maximum Gasteiger partial charge on any atom is 2.00 e. The fourth-order valence-electron chi connectivity index (χ4n) is 5.29. The van der Waals surface area contributed by atoms with Crippen molar-refractivity contribution in [3.05, 3.63) is 134 Å². The first-order chi connectivity index (χ1) is 17.4. The van der Waals surface area contributed by atoms with Crippen molar-refractivity contribution in [2.24, 2.45) is 0 Å². The molecule has 6 heteroatoms. The van der Waals surface area contributed by atoms with Crippen molar-refractivity contribution in [2.75, 3.05) is 0 Å². The van der Waals surface area contributed by atoms with Gasteiger partial charge >= 0.3 is 21.1 Å². The molecule has 0 radical (unpaired) electrons. The van der Waals surface area contributed by atoms with Crippen molar-refractivity contribution >= 4 is 29.1 Å². The van der Waals surface area contributed by atoms with E-state index in [1.807, 2.05) is 70.3 Å². The van der Waals surface area contributed by atoms with Crippen LogP contribution < -0.4 is 21.0 Å². The molecule has 0 atom stereocenters. The molecule has 0 unspecified atom stereocenters. The van der Waals surface area contributed by atoms with E-state index in [0.29, 0.717) is 0 Å². The van der Waals surface area contributed by atoms with Crippen LogP contribution in [0.5, 0.6) is 0 Å². The molecular formula is C30H20N4PtSi. The fraction of sp³-hybridized carbons (Fsp3) is 0. The fourth-order valence-corrected chi connectivity index (χ4v) is 10.0. The van der Waals surface area contributed by atoms with Gasteiger partial charge in [0.2, 0.25) is 8.07 Å². The van der Waals surface area contributed by atoms with Gasteiger partial charge in [-0.1, -0.05) is 48.5 Å². The smallest absolute Gasteiger partial charge is 0.266 e. The average molecular weight is 660 g/mol. The van der Waals surface area contributed by atoms with Crippen molar-refractivity contribution in [1.29, 1.82) is 0 Å². The van der Waals surface area contributed by atoms with Crippen LogP contribution in [0.25, 0.3) is 22.5 Å². The molecule has 36 heavy (non-hydrogen) atoms. The van der Waals surface area contributed by atoms with E-state index in [4.69, 9.17) is 10.2 Å². The number of aromatic nitrogens is 4. The standard InChI is InChI=1S/C30H20N4Si.Pt/c1-3-11-23(12-4-1)33-21-19-29(31-33)35(30-20-22-34(32-30)24-13-5-2-6-14-24)27-17-9-7-15-25(27)26-16-8-10-18-28(26)35;/h1-11,13,15-22H;/q-2;+2. The third-order valence-corrected chi connectivity index (χ3v) is 11.3. The summed E-state index contributed by atoms with van der Waals surface area (Å²) in [7, 11) is -2.74. The number of para-hydroxylation sites is 2. The van der Waals surface area contributed by atoms with E-state index in [1.165, 1.54) is 21.5 Å². The monoisotopic (exact) mass is 659 g/mol. The van der Waals surface area contributed by atoms with E-state index >= 15 is 0 Å². The van der Waals surface area contributed by atoms with Crippen LogP contribution in [0.1, 0.15) is 0 Å². The summed E-state index contributed by atoms with van der Waals surface area (Å²) in [5.41, 5.74) is 4.39. The van der Waals surface area contributed by atoms with Gasteiger partial charge in [-0.2, -0.15) is 58.7 Å². The summed E-state index contributed by atoms with van der Waals surface area (Å²) in [6.07, 6.45) is 4.09. The Bertz CT molecular complexity index is 1530.